The summed E-state index contributed by atoms with van der Waals surface area (Å²) in [6.07, 6.45) is 5.44. The highest BCUT2D eigenvalue weighted by molar-refractivity contribution is 5.53. The van der Waals surface area contributed by atoms with Gasteiger partial charge in [0.05, 0.1) is 25.9 Å². The molecular formula is C18H26N2O2. The van der Waals surface area contributed by atoms with E-state index < -0.39 is 0 Å². The van der Waals surface area contributed by atoms with Crippen molar-refractivity contribution in [2.24, 2.45) is 0 Å². The van der Waals surface area contributed by atoms with Crippen molar-refractivity contribution in [3.8, 4) is 0 Å². The van der Waals surface area contributed by atoms with Gasteiger partial charge in [0, 0.05) is 36.4 Å². The lowest BCUT2D eigenvalue weighted by Crippen LogP contribution is -2.41. The van der Waals surface area contributed by atoms with Gasteiger partial charge in [0.15, 0.2) is 0 Å². The molecule has 1 aromatic rings. The Kier molecular flexibility index (Phi) is 4.33. The number of nitrogens with zero attached hydrogens (tertiary/aromatic N) is 1. The number of morpholine rings is 1. The number of anilines is 1. The average molecular weight is 302 g/mol. The van der Waals surface area contributed by atoms with E-state index >= 15 is 0 Å². The van der Waals surface area contributed by atoms with Crippen LogP contribution in [0.3, 0.4) is 0 Å². The largest absolute Gasteiger partial charge is 0.378 e. The second-order valence-electron chi connectivity index (χ2n) is 6.77. The minimum absolute atomic E-state index is 0.427. The first kappa shape index (κ1) is 14.5. The Hall–Kier alpha value is -1.10. The normalized spacial score (nSPS) is 31.5. The molecular weight excluding hydrogens is 276 g/mol. The SMILES string of the molecule is c1ccc(N2CCOCC2)c(COC2C[C@H]3CC[C@@H](C2)N3)c1. The highest BCUT2D eigenvalue weighted by Crippen LogP contribution is 2.30. The van der Waals surface area contributed by atoms with Crippen LogP contribution >= 0.6 is 0 Å². The molecule has 22 heavy (non-hydrogen) atoms. The molecule has 0 aliphatic carbocycles. The van der Waals surface area contributed by atoms with Gasteiger partial charge >= 0.3 is 0 Å². The molecule has 3 aliphatic heterocycles. The second-order valence-corrected chi connectivity index (χ2v) is 6.77. The molecule has 120 valence electrons. The fourth-order valence-electron chi connectivity index (χ4n) is 4.09. The molecule has 1 N–H and O–H groups in total. The Morgan fingerprint density at radius 2 is 1.82 bits per heavy atom. The quantitative estimate of drug-likeness (QED) is 0.925. The van der Waals surface area contributed by atoms with Crippen molar-refractivity contribution in [1.82, 2.24) is 5.32 Å². The minimum Gasteiger partial charge on any atom is -0.378 e. The van der Waals surface area contributed by atoms with Gasteiger partial charge in [0.1, 0.15) is 0 Å². The summed E-state index contributed by atoms with van der Waals surface area (Å²) in [5.74, 6) is 0. The molecule has 4 rings (SSSR count). The summed E-state index contributed by atoms with van der Waals surface area (Å²) >= 11 is 0. The molecule has 0 radical (unpaired) electrons. The van der Waals surface area contributed by atoms with E-state index in [9.17, 15) is 0 Å². The zero-order chi connectivity index (χ0) is 14.8. The predicted molar refractivity (Wildman–Crippen MR) is 87.2 cm³/mol. The van der Waals surface area contributed by atoms with Gasteiger partial charge in [-0.2, -0.15) is 0 Å². The van der Waals surface area contributed by atoms with Crippen LogP contribution in [-0.2, 0) is 16.1 Å². The number of rotatable bonds is 4. The van der Waals surface area contributed by atoms with Gasteiger partial charge < -0.3 is 19.7 Å². The lowest BCUT2D eigenvalue weighted by molar-refractivity contribution is 0.00923. The number of ether oxygens (including phenoxy) is 2. The van der Waals surface area contributed by atoms with Crippen LogP contribution in [0.5, 0.6) is 0 Å². The van der Waals surface area contributed by atoms with Crippen molar-refractivity contribution in [2.75, 3.05) is 31.2 Å². The Morgan fingerprint density at radius 3 is 2.59 bits per heavy atom. The van der Waals surface area contributed by atoms with E-state index in [-0.39, 0.29) is 0 Å². The number of fused-ring (bicyclic) bond motifs is 2. The number of para-hydroxylation sites is 1. The van der Waals surface area contributed by atoms with Crippen LogP contribution in [0.1, 0.15) is 31.2 Å². The third-order valence-electron chi connectivity index (χ3n) is 5.25. The Bertz CT molecular complexity index is 490. The lowest BCUT2D eigenvalue weighted by Gasteiger charge is -2.32. The maximum Gasteiger partial charge on any atom is 0.0740 e. The van der Waals surface area contributed by atoms with E-state index in [0.29, 0.717) is 18.2 Å². The monoisotopic (exact) mass is 302 g/mol. The standard InChI is InChI=1S/C18H26N2O2/c1-2-4-18(20-7-9-21-10-8-20)14(3-1)13-22-17-11-15-5-6-16(12-17)19-15/h1-4,15-17,19H,5-13H2/t15-,16+,17?. The van der Waals surface area contributed by atoms with Crippen molar-refractivity contribution in [2.45, 2.75) is 50.5 Å². The number of hydrogen-bond acceptors (Lipinski definition) is 4. The zero-order valence-corrected chi connectivity index (χ0v) is 13.2. The van der Waals surface area contributed by atoms with Crippen LogP contribution in [0.15, 0.2) is 24.3 Å². The molecule has 3 aliphatic rings. The van der Waals surface area contributed by atoms with Crippen molar-refractivity contribution in [1.29, 1.82) is 0 Å². The molecule has 0 saturated carbocycles. The van der Waals surface area contributed by atoms with Gasteiger partial charge in [-0.05, 0) is 31.7 Å². The lowest BCUT2D eigenvalue weighted by atomic mass is 10.0. The number of benzene rings is 1. The molecule has 0 aromatic heterocycles. The highest BCUT2D eigenvalue weighted by atomic mass is 16.5. The summed E-state index contributed by atoms with van der Waals surface area (Å²) in [7, 11) is 0. The molecule has 3 saturated heterocycles. The Morgan fingerprint density at radius 1 is 1.09 bits per heavy atom. The highest BCUT2D eigenvalue weighted by Gasteiger charge is 2.33. The summed E-state index contributed by atoms with van der Waals surface area (Å²) in [5, 5.41) is 3.68. The first-order chi connectivity index (χ1) is 10.9. The van der Waals surface area contributed by atoms with E-state index in [1.807, 2.05) is 0 Å². The molecule has 4 heteroatoms. The number of piperidine rings is 1. The molecule has 3 atom stereocenters. The molecule has 1 aromatic carbocycles. The fraction of sp³-hybridized carbons (Fsp3) is 0.667. The second kappa shape index (κ2) is 6.57. The van der Waals surface area contributed by atoms with Crippen molar-refractivity contribution in [3.05, 3.63) is 29.8 Å². The van der Waals surface area contributed by atoms with Crippen LogP contribution in [0.2, 0.25) is 0 Å². The van der Waals surface area contributed by atoms with E-state index in [1.165, 1.54) is 36.9 Å². The number of hydrogen-bond donors (Lipinski definition) is 1. The van der Waals surface area contributed by atoms with E-state index in [1.54, 1.807) is 0 Å². The van der Waals surface area contributed by atoms with Crippen LogP contribution in [0.4, 0.5) is 5.69 Å². The van der Waals surface area contributed by atoms with E-state index in [4.69, 9.17) is 9.47 Å². The summed E-state index contributed by atoms with van der Waals surface area (Å²) in [4.78, 5) is 2.42. The summed E-state index contributed by atoms with van der Waals surface area (Å²) in [5.41, 5.74) is 2.64. The summed E-state index contributed by atoms with van der Waals surface area (Å²) in [6, 6.07) is 10.1. The van der Waals surface area contributed by atoms with Crippen molar-refractivity contribution >= 4 is 5.69 Å². The minimum atomic E-state index is 0.427. The molecule has 3 fully saturated rings. The maximum absolute atomic E-state index is 6.28. The topological polar surface area (TPSA) is 33.7 Å². The molecule has 1 unspecified atom stereocenters. The van der Waals surface area contributed by atoms with Crippen LogP contribution in [0.25, 0.3) is 0 Å². The third-order valence-corrected chi connectivity index (χ3v) is 5.25. The van der Waals surface area contributed by atoms with E-state index in [2.05, 4.69) is 34.5 Å². The van der Waals surface area contributed by atoms with Gasteiger partial charge in [-0.15, -0.1) is 0 Å². The smallest absolute Gasteiger partial charge is 0.0740 e. The molecule has 0 amide bonds. The van der Waals surface area contributed by atoms with Crippen molar-refractivity contribution < 1.29 is 9.47 Å². The Balaban J connectivity index is 1.40. The zero-order valence-electron chi connectivity index (χ0n) is 13.2. The van der Waals surface area contributed by atoms with Gasteiger partial charge in [-0.1, -0.05) is 18.2 Å². The van der Waals surface area contributed by atoms with Gasteiger partial charge in [0.25, 0.3) is 0 Å². The van der Waals surface area contributed by atoms with Gasteiger partial charge in [-0.25, -0.2) is 0 Å². The maximum atomic E-state index is 6.28. The van der Waals surface area contributed by atoms with Gasteiger partial charge in [0.2, 0.25) is 0 Å². The Labute approximate surface area is 132 Å². The molecule has 3 heterocycles. The third kappa shape index (κ3) is 3.14. The molecule has 0 spiro atoms. The van der Waals surface area contributed by atoms with Crippen LogP contribution < -0.4 is 10.2 Å². The number of nitrogens with one attached hydrogen (secondary N) is 1. The fourth-order valence-corrected chi connectivity index (χ4v) is 4.09. The van der Waals surface area contributed by atoms with Crippen molar-refractivity contribution in [3.63, 3.8) is 0 Å². The summed E-state index contributed by atoms with van der Waals surface area (Å²) in [6.45, 7) is 4.35. The van der Waals surface area contributed by atoms with Crippen LogP contribution in [0, 0.1) is 0 Å². The predicted octanol–water partition coefficient (Wildman–Crippen LogP) is 2.32. The van der Waals surface area contributed by atoms with Gasteiger partial charge in [-0.3, -0.25) is 0 Å². The molecule has 2 bridgehead atoms. The first-order valence-electron chi connectivity index (χ1n) is 8.67. The molecule has 4 nitrogen and oxygen atoms in total. The average Bonchev–Trinajstić information content (AvgIpc) is 2.92. The first-order valence-corrected chi connectivity index (χ1v) is 8.67. The van der Waals surface area contributed by atoms with E-state index in [0.717, 1.165) is 32.9 Å². The van der Waals surface area contributed by atoms with Crippen LogP contribution in [-0.4, -0.2) is 44.5 Å². The summed E-state index contributed by atoms with van der Waals surface area (Å²) < 4.78 is 11.8.